The van der Waals surface area contributed by atoms with Crippen molar-refractivity contribution >= 4 is 19.9 Å². The van der Waals surface area contributed by atoms with Crippen molar-refractivity contribution in [1.29, 1.82) is 0 Å². The van der Waals surface area contributed by atoms with Gasteiger partial charge in [0.1, 0.15) is 4.75 Å². The largest absolute Gasteiger partial charge is 0.300 e. The fraction of sp³-hybridized carbons (Fsp3) is 0.750. The lowest BCUT2D eigenvalue weighted by molar-refractivity contribution is 0.517. The molecule has 0 aromatic carbocycles. The molecule has 1 aromatic heterocycles. The standard InChI is InChI=1S/C8H16N4O4S2/c1-5-12-6(8(2,3)17(4,13)14)10-11-7(12)18(9,15)16/h5H2,1-4H3,(H2,9,15,16). The summed E-state index contributed by atoms with van der Waals surface area (Å²) in [5.74, 6) is 0.0523. The van der Waals surface area contributed by atoms with Crippen molar-refractivity contribution in [2.45, 2.75) is 37.2 Å². The number of rotatable bonds is 4. The van der Waals surface area contributed by atoms with Crippen LogP contribution in [-0.4, -0.2) is 37.9 Å². The van der Waals surface area contributed by atoms with Crippen LogP contribution in [0.1, 0.15) is 26.6 Å². The van der Waals surface area contributed by atoms with Gasteiger partial charge < -0.3 is 0 Å². The van der Waals surface area contributed by atoms with Crippen LogP contribution in [0.15, 0.2) is 5.16 Å². The molecule has 0 amide bonds. The third kappa shape index (κ3) is 2.40. The van der Waals surface area contributed by atoms with E-state index in [0.717, 1.165) is 6.26 Å². The monoisotopic (exact) mass is 296 g/mol. The van der Waals surface area contributed by atoms with E-state index in [1.54, 1.807) is 6.92 Å². The topological polar surface area (TPSA) is 125 Å². The van der Waals surface area contributed by atoms with Gasteiger partial charge in [-0.25, -0.2) is 22.0 Å². The molecule has 0 spiro atoms. The fourth-order valence-electron chi connectivity index (χ4n) is 1.40. The maximum Gasteiger partial charge on any atom is 0.273 e. The predicted molar refractivity (Wildman–Crippen MR) is 64.9 cm³/mol. The van der Waals surface area contributed by atoms with Gasteiger partial charge in [0.05, 0.1) is 0 Å². The normalized spacial score (nSPS) is 13.8. The molecule has 1 rings (SSSR count). The van der Waals surface area contributed by atoms with E-state index in [0.29, 0.717) is 0 Å². The van der Waals surface area contributed by atoms with E-state index in [-0.39, 0.29) is 12.4 Å². The molecule has 10 heteroatoms. The third-order valence-electron chi connectivity index (χ3n) is 2.75. The van der Waals surface area contributed by atoms with Crippen LogP contribution in [0.5, 0.6) is 0 Å². The van der Waals surface area contributed by atoms with Crippen molar-refractivity contribution in [3.8, 4) is 0 Å². The minimum atomic E-state index is -4.04. The highest BCUT2D eigenvalue weighted by Crippen LogP contribution is 2.28. The average Bonchev–Trinajstić information content (AvgIpc) is 2.58. The molecule has 104 valence electrons. The third-order valence-corrected chi connectivity index (χ3v) is 5.60. The van der Waals surface area contributed by atoms with Gasteiger partial charge in [-0.3, -0.25) is 4.57 Å². The molecule has 0 aliphatic heterocycles. The van der Waals surface area contributed by atoms with Gasteiger partial charge in [0.15, 0.2) is 15.7 Å². The van der Waals surface area contributed by atoms with E-state index < -0.39 is 29.8 Å². The number of aromatic nitrogens is 3. The number of hydrogen-bond donors (Lipinski definition) is 1. The zero-order chi connectivity index (χ0) is 14.4. The highest BCUT2D eigenvalue weighted by atomic mass is 32.2. The van der Waals surface area contributed by atoms with Crippen molar-refractivity contribution in [3.05, 3.63) is 5.82 Å². The fourth-order valence-corrected chi connectivity index (χ4v) is 2.56. The molecule has 0 unspecified atom stereocenters. The molecule has 0 radical (unpaired) electrons. The first-order valence-corrected chi connectivity index (χ1v) is 8.52. The molecule has 2 N–H and O–H groups in total. The number of nitrogens with two attached hydrogens (primary N) is 1. The van der Waals surface area contributed by atoms with Crippen LogP contribution < -0.4 is 5.14 Å². The summed E-state index contributed by atoms with van der Waals surface area (Å²) in [7, 11) is -7.52. The SMILES string of the molecule is CCn1c(C(C)(C)S(C)(=O)=O)nnc1S(N)(=O)=O. The van der Waals surface area contributed by atoms with Gasteiger partial charge in [0.2, 0.25) is 0 Å². The van der Waals surface area contributed by atoms with Crippen molar-refractivity contribution in [2.75, 3.05) is 6.26 Å². The zero-order valence-corrected chi connectivity index (χ0v) is 12.2. The summed E-state index contributed by atoms with van der Waals surface area (Å²) in [5, 5.41) is 11.7. The van der Waals surface area contributed by atoms with Gasteiger partial charge in [-0.1, -0.05) is 0 Å². The van der Waals surface area contributed by atoms with Crippen LogP contribution in [0.25, 0.3) is 0 Å². The molecular weight excluding hydrogens is 280 g/mol. The second kappa shape index (κ2) is 4.28. The molecular formula is C8H16N4O4S2. The molecule has 8 nitrogen and oxygen atoms in total. The van der Waals surface area contributed by atoms with Gasteiger partial charge >= 0.3 is 0 Å². The van der Waals surface area contributed by atoms with Gasteiger partial charge in [-0.15, -0.1) is 10.2 Å². The summed E-state index contributed by atoms with van der Waals surface area (Å²) < 4.78 is 45.9. The molecule has 0 saturated carbocycles. The maximum atomic E-state index is 11.7. The molecule has 0 atom stereocenters. The van der Waals surface area contributed by atoms with Crippen LogP contribution in [0.3, 0.4) is 0 Å². The maximum absolute atomic E-state index is 11.7. The van der Waals surface area contributed by atoms with Crippen molar-refractivity contribution in [3.63, 3.8) is 0 Å². The van der Waals surface area contributed by atoms with E-state index >= 15 is 0 Å². The number of hydrogen-bond acceptors (Lipinski definition) is 6. The molecule has 18 heavy (non-hydrogen) atoms. The molecule has 0 aliphatic rings. The summed E-state index contributed by atoms with van der Waals surface area (Å²) in [4.78, 5) is 0. The first-order chi connectivity index (χ1) is 7.93. The Kier molecular flexibility index (Phi) is 3.58. The van der Waals surface area contributed by atoms with Gasteiger partial charge in [-0.05, 0) is 20.8 Å². The Morgan fingerprint density at radius 1 is 1.22 bits per heavy atom. The van der Waals surface area contributed by atoms with E-state index in [1.807, 2.05) is 0 Å². The van der Waals surface area contributed by atoms with Crippen LogP contribution in [0.4, 0.5) is 0 Å². The number of nitrogens with zero attached hydrogens (tertiary/aromatic N) is 3. The minimum absolute atomic E-state index is 0.0523. The van der Waals surface area contributed by atoms with Crippen LogP contribution in [0.2, 0.25) is 0 Å². The zero-order valence-electron chi connectivity index (χ0n) is 10.6. The Balaban J connectivity index is 3.61. The average molecular weight is 296 g/mol. The van der Waals surface area contributed by atoms with Crippen molar-refractivity contribution in [1.82, 2.24) is 14.8 Å². The summed E-state index contributed by atoms with van der Waals surface area (Å²) in [5.41, 5.74) is 0. The molecule has 0 aliphatic carbocycles. The highest BCUT2D eigenvalue weighted by molar-refractivity contribution is 7.91. The number of sulfone groups is 1. The molecule has 0 fully saturated rings. The summed E-state index contributed by atoms with van der Waals surface area (Å²) in [6.45, 7) is 4.73. The molecule has 0 saturated heterocycles. The van der Waals surface area contributed by atoms with E-state index in [4.69, 9.17) is 5.14 Å². The lowest BCUT2D eigenvalue weighted by Gasteiger charge is -2.22. The number of primary sulfonamides is 1. The Morgan fingerprint density at radius 2 is 1.72 bits per heavy atom. The second-order valence-corrected chi connectivity index (χ2v) is 8.40. The number of sulfonamides is 1. The molecule has 1 heterocycles. The van der Waals surface area contributed by atoms with E-state index in [9.17, 15) is 16.8 Å². The first-order valence-electron chi connectivity index (χ1n) is 5.09. The quantitative estimate of drug-likeness (QED) is 0.777. The molecule has 1 aromatic rings. The molecule has 0 bridgehead atoms. The van der Waals surface area contributed by atoms with Gasteiger partial charge in [0.25, 0.3) is 15.2 Å². The predicted octanol–water partition coefficient (Wildman–Crippen LogP) is -0.775. The summed E-state index contributed by atoms with van der Waals surface area (Å²) in [6, 6.07) is 0. The Bertz CT molecular complexity index is 657. The van der Waals surface area contributed by atoms with Crippen molar-refractivity contribution in [2.24, 2.45) is 5.14 Å². The Labute approximate surface area is 106 Å². The lowest BCUT2D eigenvalue weighted by Crippen LogP contribution is -2.32. The highest BCUT2D eigenvalue weighted by Gasteiger charge is 2.39. The van der Waals surface area contributed by atoms with Crippen LogP contribution in [0, 0.1) is 0 Å². The smallest absolute Gasteiger partial charge is 0.273 e. The van der Waals surface area contributed by atoms with Gasteiger partial charge in [0, 0.05) is 12.8 Å². The van der Waals surface area contributed by atoms with E-state index in [1.165, 1.54) is 18.4 Å². The minimum Gasteiger partial charge on any atom is -0.300 e. The lowest BCUT2D eigenvalue weighted by atomic mass is 10.2. The Hall–Kier alpha value is -1.00. The van der Waals surface area contributed by atoms with Crippen LogP contribution >= 0.6 is 0 Å². The second-order valence-electron chi connectivity index (χ2n) is 4.38. The van der Waals surface area contributed by atoms with E-state index in [2.05, 4.69) is 10.2 Å². The van der Waals surface area contributed by atoms with Crippen molar-refractivity contribution < 1.29 is 16.8 Å². The summed E-state index contributed by atoms with van der Waals surface area (Å²) >= 11 is 0. The Morgan fingerprint density at radius 3 is 2.06 bits per heavy atom. The van der Waals surface area contributed by atoms with Gasteiger partial charge in [-0.2, -0.15) is 0 Å². The van der Waals surface area contributed by atoms with Crippen LogP contribution in [-0.2, 0) is 31.2 Å². The first kappa shape index (κ1) is 15.1. The summed E-state index contributed by atoms with van der Waals surface area (Å²) in [6.07, 6.45) is 1.05.